The standard InChI is InChI=1S/C10H16N4O2S/c11-17(15,16)9-3-4-10(14-7-9)13-6-5-12-8-1-2-8/h3-4,7-8,12H,1-2,5-6H2,(H,13,14)(H2,11,15,16). The Labute approximate surface area is 101 Å². The second-order valence-electron chi connectivity index (χ2n) is 4.08. The molecule has 1 aliphatic rings. The highest BCUT2D eigenvalue weighted by Crippen LogP contribution is 2.17. The van der Waals surface area contributed by atoms with Gasteiger partial charge in [-0.15, -0.1) is 0 Å². The van der Waals surface area contributed by atoms with Crippen molar-refractivity contribution in [2.24, 2.45) is 5.14 Å². The maximum absolute atomic E-state index is 11.0. The lowest BCUT2D eigenvalue weighted by Crippen LogP contribution is -2.24. The summed E-state index contributed by atoms with van der Waals surface area (Å²) < 4.78 is 22.0. The molecule has 0 spiro atoms. The summed E-state index contributed by atoms with van der Waals surface area (Å²) in [5.41, 5.74) is 0. The number of anilines is 1. The van der Waals surface area contributed by atoms with Gasteiger partial charge in [0.25, 0.3) is 0 Å². The number of nitrogens with zero attached hydrogens (tertiary/aromatic N) is 1. The average molecular weight is 256 g/mol. The summed E-state index contributed by atoms with van der Waals surface area (Å²) in [7, 11) is -3.65. The van der Waals surface area contributed by atoms with E-state index in [-0.39, 0.29) is 4.90 Å². The summed E-state index contributed by atoms with van der Waals surface area (Å²) in [5, 5.41) is 11.4. The van der Waals surface area contributed by atoms with Crippen LogP contribution in [0.2, 0.25) is 0 Å². The van der Waals surface area contributed by atoms with Gasteiger partial charge in [0.05, 0.1) is 0 Å². The van der Waals surface area contributed by atoms with Gasteiger partial charge in [0.1, 0.15) is 10.7 Å². The Morgan fingerprint density at radius 2 is 2.12 bits per heavy atom. The van der Waals surface area contributed by atoms with Crippen molar-refractivity contribution < 1.29 is 8.42 Å². The van der Waals surface area contributed by atoms with Crippen molar-refractivity contribution in [3.05, 3.63) is 18.3 Å². The van der Waals surface area contributed by atoms with E-state index in [1.54, 1.807) is 6.07 Å². The topological polar surface area (TPSA) is 97.1 Å². The van der Waals surface area contributed by atoms with E-state index in [4.69, 9.17) is 5.14 Å². The molecule has 4 N–H and O–H groups in total. The van der Waals surface area contributed by atoms with Gasteiger partial charge in [-0.2, -0.15) is 0 Å². The minimum absolute atomic E-state index is 0.0270. The van der Waals surface area contributed by atoms with E-state index in [1.807, 2.05) is 0 Å². The SMILES string of the molecule is NS(=O)(=O)c1ccc(NCCNC2CC2)nc1. The summed E-state index contributed by atoms with van der Waals surface area (Å²) in [5.74, 6) is 0.648. The molecule has 0 bridgehead atoms. The Balaban J connectivity index is 1.80. The molecule has 1 heterocycles. The lowest BCUT2D eigenvalue weighted by atomic mass is 10.4. The molecule has 0 saturated heterocycles. The Morgan fingerprint density at radius 3 is 2.65 bits per heavy atom. The van der Waals surface area contributed by atoms with Crippen LogP contribution in [0, 0.1) is 0 Å². The summed E-state index contributed by atoms with van der Waals surface area (Å²) >= 11 is 0. The van der Waals surface area contributed by atoms with Crippen molar-refractivity contribution in [3.63, 3.8) is 0 Å². The first-order valence-corrected chi connectivity index (χ1v) is 7.06. The average Bonchev–Trinajstić information content (AvgIpc) is 3.08. The second kappa shape index (κ2) is 4.99. The van der Waals surface area contributed by atoms with Crippen LogP contribution in [0.3, 0.4) is 0 Å². The number of rotatable bonds is 6. The van der Waals surface area contributed by atoms with Crippen LogP contribution in [0.4, 0.5) is 5.82 Å². The van der Waals surface area contributed by atoms with E-state index >= 15 is 0 Å². The summed E-state index contributed by atoms with van der Waals surface area (Å²) in [4.78, 5) is 4.01. The number of pyridine rings is 1. The van der Waals surface area contributed by atoms with Crippen molar-refractivity contribution in [2.75, 3.05) is 18.4 Å². The number of aromatic nitrogens is 1. The zero-order valence-corrected chi connectivity index (χ0v) is 10.2. The van der Waals surface area contributed by atoms with Crippen LogP contribution >= 0.6 is 0 Å². The Kier molecular flexibility index (Phi) is 3.60. The second-order valence-corrected chi connectivity index (χ2v) is 5.64. The van der Waals surface area contributed by atoms with Gasteiger partial charge < -0.3 is 10.6 Å². The van der Waals surface area contributed by atoms with Gasteiger partial charge in [-0.3, -0.25) is 0 Å². The predicted molar refractivity (Wildman–Crippen MR) is 65.1 cm³/mol. The summed E-state index contributed by atoms with van der Waals surface area (Å²) in [6, 6.07) is 3.74. The first-order valence-electron chi connectivity index (χ1n) is 5.52. The fourth-order valence-corrected chi connectivity index (χ4v) is 1.86. The molecule has 1 fully saturated rings. The third kappa shape index (κ3) is 3.95. The van der Waals surface area contributed by atoms with Crippen LogP contribution in [0.5, 0.6) is 0 Å². The lowest BCUT2D eigenvalue weighted by Gasteiger charge is -2.06. The van der Waals surface area contributed by atoms with Crippen LogP contribution in [0.1, 0.15) is 12.8 Å². The maximum atomic E-state index is 11.0. The smallest absolute Gasteiger partial charge is 0.239 e. The van der Waals surface area contributed by atoms with Gasteiger partial charge in [0.2, 0.25) is 10.0 Å². The highest BCUT2D eigenvalue weighted by molar-refractivity contribution is 7.89. The fraction of sp³-hybridized carbons (Fsp3) is 0.500. The highest BCUT2D eigenvalue weighted by Gasteiger charge is 2.19. The quantitative estimate of drug-likeness (QED) is 0.617. The first kappa shape index (κ1) is 12.3. The molecule has 94 valence electrons. The molecule has 1 aromatic rings. The van der Waals surface area contributed by atoms with Crippen molar-refractivity contribution in [2.45, 2.75) is 23.8 Å². The van der Waals surface area contributed by atoms with Crippen molar-refractivity contribution >= 4 is 15.8 Å². The molecule has 1 saturated carbocycles. The molecule has 0 radical (unpaired) electrons. The number of hydrogen-bond acceptors (Lipinski definition) is 5. The molecule has 17 heavy (non-hydrogen) atoms. The number of sulfonamides is 1. The van der Waals surface area contributed by atoms with Gasteiger partial charge in [0.15, 0.2) is 0 Å². The first-order chi connectivity index (χ1) is 8.05. The third-order valence-electron chi connectivity index (χ3n) is 2.51. The Bertz CT molecular complexity index is 468. The molecule has 0 aliphatic heterocycles. The maximum Gasteiger partial charge on any atom is 0.239 e. The third-order valence-corrected chi connectivity index (χ3v) is 3.40. The molecule has 2 rings (SSSR count). The molecule has 7 heteroatoms. The van der Waals surface area contributed by atoms with Crippen LogP contribution in [-0.4, -0.2) is 32.5 Å². The van der Waals surface area contributed by atoms with Crippen molar-refractivity contribution in [1.82, 2.24) is 10.3 Å². The van der Waals surface area contributed by atoms with Crippen LogP contribution < -0.4 is 15.8 Å². The largest absolute Gasteiger partial charge is 0.369 e. The Morgan fingerprint density at radius 1 is 1.35 bits per heavy atom. The molecule has 0 amide bonds. The predicted octanol–water partition coefficient (Wildman–Crippen LogP) is -0.107. The monoisotopic (exact) mass is 256 g/mol. The van der Waals surface area contributed by atoms with E-state index in [9.17, 15) is 8.42 Å². The fourth-order valence-electron chi connectivity index (χ4n) is 1.41. The summed E-state index contributed by atoms with van der Waals surface area (Å²) in [6.45, 7) is 1.64. The zero-order chi connectivity index (χ0) is 12.3. The van der Waals surface area contributed by atoms with Crippen LogP contribution in [0.25, 0.3) is 0 Å². The molecule has 0 atom stereocenters. The minimum Gasteiger partial charge on any atom is -0.369 e. The molecular formula is C10H16N4O2S. The van der Waals surface area contributed by atoms with Crippen molar-refractivity contribution in [1.29, 1.82) is 0 Å². The molecule has 1 aliphatic carbocycles. The molecule has 6 nitrogen and oxygen atoms in total. The van der Waals surface area contributed by atoms with Crippen LogP contribution in [-0.2, 0) is 10.0 Å². The van der Waals surface area contributed by atoms with E-state index in [1.165, 1.54) is 25.1 Å². The van der Waals surface area contributed by atoms with Crippen molar-refractivity contribution in [3.8, 4) is 0 Å². The number of nitrogens with two attached hydrogens (primary N) is 1. The van der Waals surface area contributed by atoms with E-state index in [0.717, 1.165) is 13.1 Å². The van der Waals surface area contributed by atoms with Crippen LogP contribution in [0.15, 0.2) is 23.2 Å². The lowest BCUT2D eigenvalue weighted by molar-refractivity contribution is 0.597. The number of primary sulfonamides is 1. The van der Waals surface area contributed by atoms with Gasteiger partial charge in [-0.25, -0.2) is 18.5 Å². The number of nitrogens with one attached hydrogen (secondary N) is 2. The summed E-state index contributed by atoms with van der Waals surface area (Å²) in [6.07, 6.45) is 3.79. The van der Waals surface area contributed by atoms with E-state index in [0.29, 0.717) is 11.9 Å². The van der Waals surface area contributed by atoms with Gasteiger partial charge >= 0.3 is 0 Å². The number of hydrogen-bond donors (Lipinski definition) is 3. The molecular weight excluding hydrogens is 240 g/mol. The zero-order valence-electron chi connectivity index (χ0n) is 9.39. The van der Waals surface area contributed by atoms with E-state index < -0.39 is 10.0 Å². The van der Waals surface area contributed by atoms with Gasteiger partial charge in [-0.05, 0) is 25.0 Å². The Hall–Kier alpha value is -1.18. The molecule has 0 aromatic carbocycles. The van der Waals surface area contributed by atoms with Gasteiger partial charge in [0, 0.05) is 25.3 Å². The molecule has 0 unspecified atom stereocenters. The minimum atomic E-state index is -3.65. The van der Waals surface area contributed by atoms with Gasteiger partial charge in [-0.1, -0.05) is 0 Å². The highest BCUT2D eigenvalue weighted by atomic mass is 32.2. The normalized spacial score (nSPS) is 15.8. The van der Waals surface area contributed by atoms with E-state index in [2.05, 4.69) is 15.6 Å². The molecule has 1 aromatic heterocycles.